The largest absolute Gasteiger partial charge is 0.446 e. The van der Waals surface area contributed by atoms with Gasteiger partial charge in [0, 0.05) is 16.4 Å². The van der Waals surface area contributed by atoms with Crippen LogP contribution in [0.2, 0.25) is 0 Å². The summed E-state index contributed by atoms with van der Waals surface area (Å²) in [7, 11) is 0. The number of hydrogen-bond donors (Lipinski definition) is 0. The molecule has 0 N–H and O–H groups in total. The van der Waals surface area contributed by atoms with Gasteiger partial charge in [0.1, 0.15) is 0 Å². The molecule has 1 aromatic carbocycles. The minimum atomic E-state index is -4.28. The Hall–Kier alpha value is -1.08. The Morgan fingerprint density at radius 1 is 1.09 bits per heavy atom. The summed E-state index contributed by atoms with van der Waals surface area (Å²) < 4.78 is 38.5. The predicted octanol–water partition coefficient (Wildman–Crippen LogP) is 6.74. The highest BCUT2D eigenvalue weighted by Gasteiger charge is 2.30. The van der Waals surface area contributed by atoms with Crippen molar-refractivity contribution in [3.8, 4) is 11.8 Å². The summed E-state index contributed by atoms with van der Waals surface area (Å²) in [5.74, 6) is 6.78. The molecule has 126 valence electrons. The first-order valence-corrected chi connectivity index (χ1v) is 9.08. The molecule has 0 spiro atoms. The summed E-state index contributed by atoms with van der Waals surface area (Å²) in [6.45, 7) is 3.96. The van der Waals surface area contributed by atoms with Gasteiger partial charge in [0.05, 0.1) is 0 Å². The second-order valence-corrected chi connectivity index (χ2v) is 7.52. The predicted molar refractivity (Wildman–Crippen MR) is 90.5 cm³/mol. The molecule has 0 atom stereocenters. The van der Waals surface area contributed by atoms with Crippen molar-refractivity contribution in [2.75, 3.05) is 0 Å². The van der Waals surface area contributed by atoms with E-state index in [9.17, 15) is 13.2 Å². The van der Waals surface area contributed by atoms with Gasteiger partial charge in [-0.1, -0.05) is 57.4 Å². The van der Waals surface area contributed by atoms with Gasteiger partial charge < -0.3 is 0 Å². The molecule has 23 heavy (non-hydrogen) atoms. The maximum Gasteiger partial charge on any atom is 0.446 e. The van der Waals surface area contributed by atoms with Crippen molar-refractivity contribution < 1.29 is 13.2 Å². The number of hydrogen-bond acceptors (Lipinski definition) is 1. The molecule has 1 saturated carbocycles. The van der Waals surface area contributed by atoms with Crippen LogP contribution in [-0.4, -0.2) is 5.51 Å². The van der Waals surface area contributed by atoms with Crippen molar-refractivity contribution in [1.29, 1.82) is 0 Å². The molecule has 2 rings (SSSR count). The summed E-state index contributed by atoms with van der Waals surface area (Å²) >= 11 is -0.0528. The van der Waals surface area contributed by atoms with Gasteiger partial charge in [0.25, 0.3) is 0 Å². The monoisotopic (exact) mass is 340 g/mol. The zero-order valence-electron chi connectivity index (χ0n) is 13.7. The van der Waals surface area contributed by atoms with Crippen LogP contribution in [0.15, 0.2) is 23.1 Å². The standard InChI is InChI=1S/C19H23F3S/c1-14(2)17-12-11-16(18(13-17)23-19(20,21)22)10-9-15-7-5-3-4-6-8-15/h11-15H,3-8H2,1-2H3. The number of thioether (sulfide) groups is 1. The first-order chi connectivity index (χ1) is 10.8. The van der Waals surface area contributed by atoms with Crippen LogP contribution in [-0.2, 0) is 0 Å². The van der Waals surface area contributed by atoms with Crippen molar-refractivity contribution in [2.45, 2.75) is 68.7 Å². The SMILES string of the molecule is CC(C)c1ccc(C#CC2CCCCCC2)c(SC(F)(F)F)c1. The zero-order chi connectivity index (χ0) is 16.9. The number of alkyl halides is 3. The molecule has 0 radical (unpaired) electrons. The van der Waals surface area contributed by atoms with Crippen LogP contribution in [0, 0.1) is 17.8 Å². The molecule has 0 aromatic heterocycles. The van der Waals surface area contributed by atoms with Crippen LogP contribution in [0.4, 0.5) is 13.2 Å². The van der Waals surface area contributed by atoms with Gasteiger partial charge in [-0.15, -0.1) is 0 Å². The van der Waals surface area contributed by atoms with E-state index in [4.69, 9.17) is 0 Å². The van der Waals surface area contributed by atoms with Crippen LogP contribution < -0.4 is 0 Å². The van der Waals surface area contributed by atoms with Gasteiger partial charge in [-0.25, -0.2) is 0 Å². The zero-order valence-corrected chi connectivity index (χ0v) is 14.5. The Kier molecular flexibility index (Phi) is 6.47. The van der Waals surface area contributed by atoms with Gasteiger partial charge in [-0.3, -0.25) is 0 Å². The Morgan fingerprint density at radius 2 is 1.74 bits per heavy atom. The average molecular weight is 340 g/mol. The number of rotatable bonds is 2. The first-order valence-electron chi connectivity index (χ1n) is 8.26. The Morgan fingerprint density at radius 3 is 2.30 bits per heavy atom. The van der Waals surface area contributed by atoms with Crippen LogP contribution in [0.25, 0.3) is 0 Å². The lowest BCUT2D eigenvalue weighted by Gasteiger charge is -2.12. The lowest BCUT2D eigenvalue weighted by molar-refractivity contribution is -0.0328. The number of benzene rings is 1. The average Bonchev–Trinajstić information content (AvgIpc) is 2.72. The molecule has 1 aliphatic rings. The van der Waals surface area contributed by atoms with Crippen LogP contribution in [0.5, 0.6) is 0 Å². The molecule has 1 fully saturated rings. The molecule has 0 unspecified atom stereocenters. The second kappa shape index (κ2) is 8.15. The topological polar surface area (TPSA) is 0 Å². The maximum atomic E-state index is 12.8. The highest BCUT2D eigenvalue weighted by atomic mass is 32.2. The molecule has 4 heteroatoms. The molecule has 1 aliphatic carbocycles. The lowest BCUT2D eigenvalue weighted by Crippen LogP contribution is -2.01. The van der Waals surface area contributed by atoms with Gasteiger partial charge in [0.15, 0.2) is 0 Å². The molecule has 0 saturated heterocycles. The summed E-state index contributed by atoms with van der Waals surface area (Å²) in [5.41, 5.74) is -2.87. The Labute approximate surface area is 141 Å². The fourth-order valence-electron chi connectivity index (χ4n) is 2.81. The van der Waals surface area contributed by atoms with Gasteiger partial charge >= 0.3 is 5.51 Å². The normalized spacial score (nSPS) is 16.8. The van der Waals surface area contributed by atoms with Crippen molar-refractivity contribution in [2.24, 2.45) is 5.92 Å². The highest BCUT2D eigenvalue weighted by molar-refractivity contribution is 8.00. The maximum absolute atomic E-state index is 12.8. The van der Waals surface area contributed by atoms with E-state index in [0.29, 0.717) is 11.5 Å². The third-order valence-electron chi connectivity index (χ3n) is 4.16. The minimum Gasteiger partial charge on any atom is -0.160 e. The summed E-state index contributed by atoms with van der Waals surface area (Å²) in [6, 6.07) is 5.27. The van der Waals surface area contributed by atoms with Crippen LogP contribution in [0.3, 0.4) is 0 Å². The lowest BCUT2D eigenvalue weighted by atomic mass is 9.99. The Balaban J connectivity index is 2.26. The third-order valence-corrected chi connectivity index (χ3v) is 4.95. The van der Waals surface area contributed by atoms with Gasteiger partial charge in [-0.2, -0.15) is 13.2 Å². The van der Waals surface area contributed by atoms with Crippen molar-refractivity contribution in [1.82, 2.24) is 0 Å². The van der Waals surface area contributed by atoms with Crippen LogP contribution >= 0.6 is 11.8 Å². The molecule has 0 amide bonds. The molecule has 0 aliphatic heterocycles. The van der Waals surface area contributed by atoms with E-state index >= 15 is 0 Å². The Bertz CT molecular complexity index is 571. The summed E-state index contributed by atoms with van der Waals surface area (Å²) in [4.78, 5) is 0.227. The smallest absolute Gasteiger partial charge is 0.160 e. The van der Waals surface area contributed by atoms with Gasteiger partial charge in [0.2, 0.25) is 0 Å². The third kappa shape index (κ3) is 6.14. The summed E-state index contributed by atoms with van der Waals surface area (Å²) in [6.07, 6.45) is 6.98. The minimum absolute atomic E-state index is 0.0528. The molecule has 0 heterocycles. The fraction of sp³-hybridized carbons (Fsp3) is 0.579. The van der Waals surface area contributed by atoms with E-state index < -0.39 is 5.51 Å². The fourth-order valence-corrected chi connectivity index (χ4v) is 3.49. The quantitative estimate of drug-likeness (QED) is 0.326. The van der Waals surface area contributed by atoms with Crippen molar-refractivity contribution >= 4 is 11.8 Å². The molecule has 0 bridgehead atoms. The van der Waals surface area contributed by atoms with Crippen LogP contribution in [0.1, 0.15) is 69.4 Å². The first kappa shape index (κ1) is 18.3. The van der Waals surface area contributed by atoms with E-state index in [0.717, 1.165) is 18.4 Å². The molecular weight excluding hydrogens is 317 g/mol. The van der Waals surface area contributed by atoms with Crippen molar-refractivity contribution in [3.05, 3.63) is 29.3 Å². The van der Waals surface area contributed by atoms with E-state index in [-0.39, 0.29) is 22.6 Å². The highest BCUT2D eigenvalue weighted by Crippen LogP contribution is 2.39. The van der Waals surface area contributed by atoms with E-state index in [2.05, 4.69) is 11.8 Å². The van der Waals surface area contributed by atoms with Gasteiger partial charge in [-0.05, 0) is 48.2 Å². The van der Waals surface area contributed by atoms with E-state index in [1.165, 1.54) is 25.7 Å². The molecule has 0 nitrogen and oxygen atoms in total. The van der Waals surface area contributed by atoms with E-state index in [1.807, 2.05) is 19.9 Å². The van der Waals surface area contributed by atoms with Crippen molar-refractivity contribution in [3.63, 3.8) is 0 Å². The molecule has 1 aromatic rings. The second-order valence-electron chi connectivity index (χ2n) is 6.42. The van der Waals surface area contributed by atoms with E-state index in [1.54, 1.807) is 12.1 Å². The number of halogens is 3. The summed E-state index contributed by atoms with van der Waals surface area (Å²) in [5, 5.41) is 0. The molecular formula is C19H23F3S.